The lowest BCUT2D eigenvalue weighted by Crippen LogP contribution is -2.28. The highest BCUT2D eigenvalue weighted by molar-refractivity contribution is 5.74. The van der Waals surface area contributed by atoms with E-state index in [1.54, 1.807) is 13.1 Å². The number of hydrogen-bond acceptors (Lipinski definition) is 4. The minimum Gasteiger partial charge on any atom is -0.334 e. The van der Waals surface area contributed by atoms with Crippen LogP contribution in [0.25, 0.3) is 11.4 Å². The van der Waals surface area contributed by atoms with Crippen LogP contribution in [0.15, 0.2) is 18.3 Å². The van der Waals surface area contributed by atoms with E-state index in [4.69, 9.17) is 0 Å². The summed E-state index contributed by atoms with van der Waals surface area (Å²) in [6, 6.07) is 3.89. The van der Waals surface area contributed by atoms with E-state index in [0.29, 0.717) is 5.82 Å². The highest BCUT2D eigenvalue weighted by Gasteiger charge is 2.29. The van der Waals surface area contributed by atoms with Crippen LogP contribution in [-0.4, -0.2) is 37.5 Å². The number of amides is 1. The van der Waals surface area contributed by atoms with Gasteiger partial charge in [0.1, 0.15) is 5.82 Å². The van der Waals surface area contributed by atoms with Crippen molar-refractivity contribution in [1.29, 1.82) is 0 Å². The maximum Gasteiger partial charge on any atom is 0.220 e. The predicted molar refractivity (Wildman–Crippen MR) is 73.7 cm³/mol. The Bertz CT molecular complexity index is 622. The fourth-order valence-electron chi connectivity index (χ4n) is 2.75. The van der Waals surface area contributed by atoms with Crippen molar-refractivity contribution in [2.45, 2.75) is 32.7 Å². The lowest BCUT2D eigenvalue weighted by atomic mass is 10.1. The number of rotatable bonds is 2. The topological polar surface area (TPSA) is 74.8 Å². The fourth-order valence-corrected chi connectivity index (χ4v) is 2.75. The van der Waals surface area contributed by atoms with Gasteiger partial charge in [-0.3, -0.25) is 9.89 Å². The molecular formula is C14H17N5O. The van der Waals surface area contributed by atoms with Gasteiger partial charge in [0, 0.05) is 19.7 Å². The third-order valence-electron chi connectivity index (χ3n) is 3.63. The number of hydrogen-bond donors (Lipinski definition) is 1. The number of nitrogens with one attached hydrogen (secondary N) is 1. The van der Waals surface area contributed by atoms with Crippen LogP contribution in [0, 0.1) is 6.92 Å². The molecular weight excluding hydrogens is 254 g/mol. The van der Waals surface area contributed by atoms with Crippen molar-refractivity contribution in [2.75, 3.05) is 6.54 Å². The van der Waals surface area contributed by atoms with E-state index in [1.807, 2.05) is 24.0 Å². The first-order chi connectivity index (χ1) is 9.65. The third-order valence-corrected chi connectivity index (χ3v) is 3.63. The number of aromatic amines is 1. The molecule has 1 amide bonds. The Morgan fingerprint density at radius 1 is 1.45 bits per heavy atom. The first-order valence-corrected chi connectivity index (χ1v) is 6.77. The van der Waals surface area contributed by atoms with Crippen LogP contribution in [0.2, 0.25) is 0 Å². The molecule has 2 aromatic rings. The number of nitrogens with zero attached hydrogens (tertiary/aromatic N) is 4. The fraction of sp³-hybridized carbons (Fsp3) is 0.429. The average molecular weight is 271 g/mol. The van der Waals surface area contributed by atoms with Gasteiger partial charge in [-0.25, -0.2) is 9.97 Å². The molecule has 104 valence electrons. The van der Waals surface area contributed by atoms with Crippen molar-refractivity contribution in [3.63, 3.8) is 0 Å². The van der Waals surface area contributed by atoms with E-state index in [1.165, 1.54) is 0 Å². The average Bonchev–Trinajstić information content (AvgIpc) is 3.09. The van der Waals surface area contributed by atoms with Gasteiger partial charge >= 0.3 is 0 Å². The molecule has 6 nitrogen and oxygen atoms in total. The number of aryl methyl sites for hydroxylation is 1. The second kappa shape index (κ2) is 5.03. The summed E-state index contributed by atoms with van der Waals surface area (Å²) in [7, 11) is 0. The summed E-state index contributed by atoms with van der Waals surface area (Å²) in [5.41, 5.74) is 2.60. The van der Waals surface area contributed by atoms with Gasteiger partial charge in [-0.15, -0.1) is 0 Å². The van der Waals surface area contributed by atoms with Gasteiger partial charge in [-0.05, 0) is 31.9 Å². The molecule has 1 aliphatic heterocycles. The van der Waals surface area contributed by atoms with Crippen molar-refractivity contribution in [3.05, 3.63) is 29.8 Å². The molecule has 1 unspecified atom stereocenters. The Kier molecular flexibility index (Phi) is 3.22. The molecule has 6 heteroatoms. The number of carbonyl (C=O) groups is 1. The van der Waals surface area contributed by atoms with E-state index in [-0.39, 0.29) is 11.9 Å². The molecule has 0 aromatic carbocycles. The number of aromatic nitrogens is 4. The summed E-state index contributed by atoms with van der Waals surface area (Å²) < 4.78 is 0. The monoisotopic (exact) mass is 271 g/mol. The lowest BCUT2D eigenvalue weighted by molar-refractivity contribution is -0.129. The second-order valence-electron chi connectivity index (χ2n) is 5.07. The predicted octanol–water partition coefficient (Wildman–Crippen LogP) is 1.86. The maximum atomic E-state index is 11.7. The molecule has 0 saturated carbocycles. The smallest absolute Gasteiger partial charge is 0.220 e. The van der Waals surface area contributed by atoms with Crippen LogP contribution in [0.3, 0.4) is 0 Å². The van der Waals surface area contributed by atoms with Crippen molar-refractivity contribution >= 4 is 5.91 Å². The summed E-state index contributed by atoms with van der Waals surface area (Å²) in [5.74, 6) is 0.814. The zero-order chi connectivity index (χ0) is 14.1. The van der Waals surface area contributed by atoms with Crippen molar-refractivity contribution in [2.24, 2.45) is 0 Å². The zero-order valence-electron chi connectivity index (χ0n) is 11.6. The van der Waals surface area contributed by atoms with Crippen molar-refractivity contribution < 1.29 is 4.79 Å². The number of likely N-dealkylation sites (tertiary alicyclic amines) is 1. The van der Waals surface area contributed by atoms with Gasteiger partial charge in [0.15, 0.2) is 0 Å². The Hall–Kier alpha value is -2.24. The summed E-state index contributed by atoms with van der Waals surface area (Å²) in [5, 5.41) is 6.86. The molecule has 1 saturated heterocycles. The van der Waals surface area contributed by atoms with E-state index >= 15 is 0 Å². The van der Waals surface area contributed by atoms with E-state index < -0.39 is 0 Å². The van der Waals surface area contributed by atoms with Crippen molar-refractivity contribution in [1.82, 2.24) is 25.1 Å². The molecule has 0 spiro atoms. The molecule has 0 aliphatic carbocycles. The van der Waals surface area contributed by atoms with Gasteiger partial charge in [0.25, 0.3) is 0 Å². The summed E-state index contributed by atoms with van der Waals surface area (Å²) in [4.78, 5) is 22.5. The number of carbonyl (C=O) groups excluding carboxylic acids is 1. The molecule has 1 fully saturated rings. The SMILES string of the molecule is CC(=O)N1CCCC1c1cc(-c2ccn[nH]2)nc(C)n1. The van der Waals surface area contributed by atoms with Crippen LogP contribution in [0.5, 0.6) is 0 Å². The second-order valence-corrected chi connectivity index (χ2v) is 5.07. The Balaban J connectivity index is 2.00. The van der Waals surface area contributed by atoms with Crippen LogP contribution in [0.4, 0.5) is 0 Å². The largest absolute Gasteiger partial charge is 0.334 e. The first-order valence-electron chi connectivity index (χ1n) is 6.77. The molecule has 20 heavy (non-hydrogen) atoms. The van der Waals surface area contributed by atoms with E-state index in [9.17, 15) is 4.79 Å². The van der Waals surface area contributed by atoms with Gasteiger partial charge in [-0.1, -0.05) is 0 Å². The third kappa shape index (κ3) is 2.29. The molecule has 2 aromatic heterocycles. The van der Waals surface area contributed by atoms with Crippen LogP contribution < -0.4 is 0 Å². The molecule has 0 radical (unpaired) electrons. The first kappa shape index (κ1) is 12.8. The van der Waals surface area contributed by atoms with Gasteiger partial charge in [-0.2, -0.15) is 5.10 Å². The molecule has 1 aliphatic rings. The van der Waals surface area contributed by atoms with Crippen LogP contribution in [0.1, 0.15) is 37.3 Å². The summed E-state index contributed by atoms with van der Waals surface area (Å²) in [6.07, 6.45) is 3.68. The Labute approximate surface area is 117 Å². The van der Waals surface area contributed by atoms with Crippen molar-refractivity contribution in [3.8, 4) is 11.4 Å². The van der Waals surface area contributed by atoms with Gasteiger partial charge in [0.05, 0.1) is 23.1 Å². The lowest BCUT2D eigenvalue weighted by Gasteiger charge is -2.23. The summed E-state index contributed by atoms with van der Waals surface area (Å²) >= 11 is 0. The Morgan fingerprint density at radius 2 is 2.30 bits per heavy atom. The molecule has 3 rings (SSSR count). The van der Waals surface area contributed by atoms with Crippen LogP contribution >= 0.6 is 0 Å². The Morgan fingerprint density at radius 3 is 3.00 bits per heavy atom. The highest BCUT2D eigenvalue weighted by atomic mass is 16.2. The van der Waals surface area contributed by atoms with E-state index in [0.717, 1.165) is 36.5 Å². The summed E-state index contributed by atoms with van der Waals surface area (Å²) in [6.45, 7) is 4.29. The molecule has 1 N–H and O–H groups in total. The number of H-pyrrole nitrogens is 1. The minimum atomic E-state index is 0.0656. The molecule has 1 atom stereocenters. The minimum absolute atomic E-state index is 0.0656. The molecule has 0 bridgehead atoms. The van der Waals surface area contributed by atoms with Crippen LogP contribution in [-0.2, 0) is 4.79 Å². The molecule has 3 heterocycles. The maximum absolute atomic E-state index is 11.7. The normalized spacial score (nSPS) is 18.5. The quantitative estimate of drug-likeness (QED) is 0.904. The highest BCUT2D eigenvalue weighted by Crippen LogP contribution is 2.32. The standard InChI is InChI=1S/C14H17N5O/c1-9-16-12(11-5-6-15-18-11)8-13(17-9)14-4-3-7-19(14)10(2)20/h5-6,8,14H,3-4,7H2,1-2H3,(H,15,18). The van der Waals surface area contributed by atoms with Gasteiger partial charge in [0.2, 0.25) is 5.91 Å². The van der Waals surface area contributed by atoms with Gasteiger partial charge < -0.3 is 4.90 Å². The zero-order valence-corrected chi connectivity index (χ0v) is 11.6. The van der Waals surface area contributed by atoms with E-state index in [2.05, 4.69) is 20.2 Å².